The number of ketones is 1. The van der Waals surface area contributed by atoms with E-state index in [0.29, 0.717) is 40.2 Å². The molecule has 1 aliphatic rings. The highest BCUT2D eigenvalue weighted by molar-refractivity contribution is 7.22. The van der Waals surface area contributed by atoms with Gasteiger partial charge in [0.15, 0.2) is 16.7 Å². The number of fused-ring (bicyclic) bond motifs is 1. The number of furan rings is 1. The Kier molecular flexibility index (Phi) is 6.71. The number of aliphatic hydroxyl groups excluding tert-OH is 1. The first-order chi connectivity index (χ1) is 17.9. The zero-order valence-electron chi connectivity index (χ0n) is 20.6. The lowest BCUT2D eigenvalue weighted by molar-refractivity contribution is -0.117. The number of ether oxygens (including phenoxy) is 2. The molecule has 0 saturated carbocycles. The summed E-state index contributed by atoms with van der Waals surface area (Å²) in [4.78, 5) is 32.9. The van der Waals surface area contributed by atoms with Crippen LogP contribution in [0.2, 0.25) is 0 Å². The highest BCUT2D eigenvalue weighted by Gasteiger charge is 2.46. The molecule has 1 unspecified atom stereocenters. The van der Waals surface area contributed by atoms with Crippen LogP contribution in [0.4, 0.5) is 5.13 Å². The molecular formula is C28H26N2O6S. The molecule has 2 aromatic carbocycles. The van der Waals surface area contributed by atoms with Crippen LogP contribution in [-0.4, -0.2) is 35.5 Å². The Morgan fingerprint density at radius 2 is 2.00 bits per heavy atom. The van der Waals surface area contributed by atoms with Crippen molar-refractivity contribution in [2.45, 2.75) is 26.3 Å². The number of hydrogen-bond acceptors (Lipinski definition) is 8. The summed E-state index contributed by atoms with van der Waals surface area (Å²) in [5, 5.41) is 11.3. The third-order valence-electron chi connectivity index (χ3n) is 6.13. The number of thiazole rings is 1. The molecule has 8 nitrogen and oxygen atoms in total. The Balaban J connectivity index is 1.60. The summed E-state index contributed by atoms with van der Waals surface area (Å²) in [6, 6.07) is 14.8. The van der Waals surface area contributed by atoms with E-state index < -0.39 is 23.5 Å². The van der Waals surface area contributed by atoms with E-state index in [1.165, 1.54) is 28.6 Å². The maximum Gasteiger partial charge on any atom is 0.296 e. The van der Waals surface area contributed by atoms with Gasteiger partial charge in [0.1, 0.15) is 11.5 Å². The second-order valence-electron chi connectivity index (χ2n) is 9.08. The average molecular weight is 519 g/mol. The number of hydrogen-bond donors (Lipinski definition) is 1. The number of nitrogens with zero attached hydrogens (tertiary/aromatic N) is 2. The zero-order valence-corrected chi connectivity index (χ0v) is 21.5. The van der Waals surface area contributed by atoms with Crippen molar-refractivity contribution >= 4 is 38.4 Å². The minimum atomic E-state index is -0.929. The van der Waals surface area contributed by atoms with Gasteiger partial charge in [-0.2, -0.15) is 0 Å². The number of carbonyl (C=O) groups is 2. The highest BCUT2D eigenvalue weighted by Crippen LogP contribution is 2.45. The molecule has 1 atom stereocenters. The van der Waals surface area contributed by atoms with Gasteiger partial charge in [0, 0.05) is 0 Å². The lowest BCUT2D eigenvalue weighted by Gasteiger charge is -2.24. The van der Waals surface area contributed by atoms with E-state index in [1.807, 2.05) is 12.1 Å². The van der Waals surface area contributed by atoms with E-state index in [9.17, 15) is 14.7 Å². The van der Waals surface area contributed by atoms with Crippen LogP contribution in [0.25, 0.3) is 10.2 Å². The molecular weight excluding hydrogens is 492 g/mol. The van der Waals surface area contributed by atoms with Crippen LogP contribution < -0.4 is 14.4 Å². The summed E-state index contributed by atoms with van der Waals surface area (Å²) in [5.74, 6) is -0.131. The van der Waals surface area contributed by atoms with Gasteiger partial charge in [-0.1, -0.05) is 37.3 Å². The van der Waals surface area contributed by atoms with Crippen LogP contribution in [0, 0.1) is 5.92 Å². The van der Waals surface area contributed by atoms with Crippen molar-refractivity contribution < 1.29 is 28.6 Å². The first kappa shape index (κ1) is 24.6. The van der Waals surface area contributed by atoms with Gasteiger partial charge < -0.3 is 19.0 Å². The van der Waals surface area contributed by atoms with E-state index >= 15 is 0 Å². The third-order valence-corrected chi connectivity index (χ3v) is 7.14. The Labute approximate surface area is 217 Å². The molecule has 0 aliphatic carbocycles. The molecule has 0 fully saturated rings. The SMILES string of the molecule is COc1ccc2nc(N3C(=O)C(O)=C(C(=O)c4ccco4)C3c3cccc(OCCC(C)C)c3)sc2c1. The number of rotatable bonds is 9. The number of benzene rings is 2. The standard InChI is InChI=1S/C28H26N2O6S/c1-16(2)11-13-35-19-7-4-6-17(14-19)24-23(25(31)21-8-5-12-36-21)26(32)27(33)30(24)28-29-20-10-9-18(34-3)15-22(20)37-28/h4-10,12,14-16,24,32H,11,13H2,1-3H3. The number of aromatic nitrogens is 1. The summed E-state index contributed by atoms with van der Waals surface area (Å²) in [7, 11) is 1.58. The van der Waals surface area contributed by atoms with Crippen molar-refractivity contribution in [2.24, 2.45) is 5.92 Å². The van der Waals surface area contributed by atoms with Gasteiger partial charge >= 0.3 is 0 Å². The number of anilines is 1. The van der Waals surface area contributed by atoms with Crippen LogP contribution in [-0.2, 0) is 4.79 Å². The summed E-state index contributed by atoms with van der Waals surface area (Å²) in [6.45, 7) is 4.78. The van der Waals surface area contributed by atoms with Crippen molar-refractivity contribution in [3.63, 3.8) is 0 Å². The summed E-state index contributed by atoms with van der Waals surface area (Å²) >= 11 is 1.27. The summed E-state index contributed by atoms with van der Waals surface area (Å²) < 4.78 is 17.4. The highest BCUT2D eigenvalue weighted by atomic mass is 32.1. The van der Waals surface area contributed by atoms with E-state index in [2.05, 4.69) is 18.8 Å². The molecule has 190 valence electrons. The van der Waals surface area contributed by atoms with E-state index in [4.69, 9.17) is 13.9 Å². The largest absolute Gasteiger partial charge is 0.503 e. The van der Waals surface area contributed by atoms with Crippen LogP contribution >= 0.6 is 11.3 Å². The number of aliphatic hydroxyl groups is 1. The zero-order chi connectivity index (χ0) is 26.1. The number of amides is 1. The molecule has 37 heavy (non-hydrogen) atoms. The van der Waals surface area contributed by atoms with Gasteiger partial charge in [-0.05, 0) is 60.4 Å². The smallest absolute Gasteiger partial charge is 0.296 e. The monoisotopic (exact) mass is 518 g/mol. The molecule has 0 radical (unpaired) electrons. The van der Waals surface area contributed by atoms with Gasteiger partial charge in [0.2, 0.25) is 5.78 Å². The minimum absolute atomic E-state index is 0.0274. The van der Waals surface area contributed by atoms with Gasteiger partial charge in [0.05, 0.1) is 41.8 Å². The fourth-order valence-electron chi connectivity index (χ4n) is 4.20. The third kappa shape index (κ3) is 4.70. The normalized spacial score (nSPS) is 15.7. The maximum atomic E-state index is 13.5. The first-order valence-electron chi connectivity index (χ1n) is 11.9. The second-order valence-corrected chi connectivity index (χ2v) is 10.1. The molecule has 5 rings (SSSR count). The van der Waals surface area contributed by atoms with Crippen LogP contribution in [0.15, 0.2) is 76.6 Å². The van der Waals surface area contributed by atoms with Crippen molar-refractivity contribution in [3.05, 3.63) is 83.5 Å². The van der Waals surface area contributed by atoms with Gasteiger partial charge in [0.25, 0.3) is 5.91 Å². The lowest BCUT2D eigenvalue weighted by atomic mass is 9.95. The van der Waals surface area contributed by atoms with Crippen molar-refractivity contribution in [3.8, 4) is 11.5 Å². The fraction of sp³-hybridized carbons (Fsp3) is 0.250. The molecule has 4 aromatic rings. The van der Waals surface area contributed by atoms with Gasteiger partial charge in [-0.25, -0.2) is 4.98 Å². The molecule has 9 heteroatoms. The second kappa shape index (κ2) is 10.1. The fourth-order valence-corrected chi connectivity index (χ4v) is 5.22. The van der Waals surface area contributed by atoms with Crippen LogP contribution in [0.1, 0.15) is 42.4 Å². The van der Waals surface area contributed by atoms with E-state index in [0.717, 1.165) is 11.1 Å². The molecule has 0 saturated heterocycles. The van der Waals surface area contributed by atoms with Crippen LogP contribution in [0.3, 0.4) is 0 Å². The minimum Gasteiger partial charge on any atom is -0.503 e. The Morgan fingerprint density at radius 3 is 2.73 bits per heavy atom. The molecule has 0 spiro atoms. The molecule has 2 aromatic heterocycles. The summed E-state index contributed by atoms with van der Waals surface area (Å²) in [6.07, 6.45) is 2.26. The van der Waals surface area contributed by atoms with Crippen LogP contribution in [0.5, 0.6) is 11.5 Å². The predicted molar refractivity (Wildman–Crippen MR) is 140 cm³/mol. The Morgan fingerprint density at radius 1 is 1.16 bits per heavy atom. The average Bonchev–Trinajstić information content (AvgIpc) is 3.62. The van der Waals surface area contributed by atoms with E-state index in [-0.39, 0.29) is 11.3 Å². The Bertz CT molecular complexity index is 1490. The molecule has 0 bridgehead atoms. The lowest BCUT2D eigenvalue weighted by Crippen LogP contribution is -2.31. The number of methoxy groups -OCH3 is 1. The maximum absolute atomic E-state index is 13.5. The topological polar surface area (TPSA) is 102 Å². The number of carbonyl (C=O) groups excluding carboxylic acids is 2. The van der Waals surface area contributed by atoms with Crippen molar-refractivity contribution in [2.75, 3.05) is 18.6 Å². The van der Waals surface area contributed by atoms with E-state index in [1.54, 1.807) is 43.5 Å². The molecule has 1 N–H and O–H groups in total. The quantitative estimate of drug-likeness (QED) is 0.267. The van der Waals surface area contributed by atoms with Crippen molar-refractivity contribution in [1.29, 1.82) is 0 Å². The summed E-state index contributed by atoms with van der Waals surface area (Å²) in [5.41, 5.74) is 1.20. The Hall–Kier alpha value is -4.11. The van der Waals surface area contributed by atoms with Crippen molar-refractivity contribution in [1.82, 2.24) is 4.98 Å². The first-order valence-corrected chi connectivity index (χ1v) is 12.7. The number of Topliss-reactive ketones (excluding diaryl/α,β-unsaturated/α-hetero) is 1. The molecule has 1 amide bonds. The molecule has 1 aliphatic heterocycles. The predicted octanol–water partition coefficient (Wildman–Crippen LogP) is 6.11. The molecule has 3 heterocycles. The van der Waals surface area contributed by atoms with Gasteiger partial charge in [-0.3, -0.25) is 14.5 Å². The van der Waals surface area contributed by atoms with Gasteiger partial charge in [-0.15, -0.1) is 0 Å².